The summed E-state index contributed by atoms with van der Waals surface area (Å²) in [5, 5.41) is 2.31. The lowest BCUT2D eigenvalue weighted by Crippen LogP contribution is -2.53. The minimum atomic E-state index is -0.637. The maximum Gasteiger partial charge on any atom is 0.258 e. The van der Waals surface area contributed by atoms with E-state index in [9.17, 15) is 14.4 Å². The fourth-order valence-electron chi connectivity index (χ4n) is 3.62. The molecule has 4 aliphatic rings. The first-order chi connectivity index (χ1) is 12.1. The van der Waals surface area contributed by atoms with Gasteiger partial charge in [0.05, 0.1) is 5.57 Å². The van der Waals surface area contributed by atoms with Crippen LogP contribution in [0.3, 0.4) is 0 Å². The number of nitrogens with zero attached hydrogens (tertiary/aromatic N) is 1. The van der Waals surface area contributed by atoms with E-state index >= 15 is 0 Å². The van der Waals surface area contributed by atoms with Crippen molar-refractivity contribution in [1.29, 1.82) is 0 Å². The predicted molar refractivity (Wildman–Crippen MR) is 86.7 cm³/mol. The molecule has 7 nitrogen and oxygen atoms in total. The minimum absolute atomic E-state index is 0.232. The highest BCUT2D eigenvalue weighted by Crippen LogP contribution is 2.38. The third-order valence-corrected chi connectivity index (χ3v) is 4.81. The van der Waals surface area contributed by atoms with Crippen molar-refractivity contribution in [3.8, 4) is 0 Å². The highest BCUT2D eigenvalue weighted by atomic mass is 16.6. The van der Waals surface area contributed by atoms with E-state index in [2.05, 4.69) is 11.9 Å². The Kier molecular flexibility index (Phi) is 3.71. The molecule has 1 fully saturated rings. The van der Waals surface area contributed by atoms with E-state index < -0.39 is 11.9 Å². The second kappa shape index (κ2) is 5.91. The number of allylic oxidation sites excluding steroid dienone is 3. The molecule has 0 aromatic rings. The van der Waals surface area contributed by atoms with E-state index in [4.69, 9.17) is 9.47 Å². The van der Waals surface area contributed by atoms with E-state index in [0.29, 0.717) is 49.7 Å². The van der Waals surface area contributed by atoms with Crippen LogP contribution >= 0.6 is 0 Å². The van der Waals surface area contributed by atoms with E-state index in [1.165, 1.54) is 4.90 Å². The van der Waals surface area contributed by atoms with Gasteiger partial charge in [0.1, 0.15) is 19.3 Å². The standard InChI is InChI=1S/C18H18N2O5/c1-2-10-7-11-9-20(12-3-4-14(21)19-17(12)22)18(23)15(11)16-13(8-10)24-5-6-25-16/h2,8,12H,1,3-7,9H2,(H,19,21,22). The van der Waals surface area contributed by atoms with Gasteiger partial charge in [0.2, 0.25) is 11.8 Å². The third kappa shape index (κ3) is 2.56. The zero-order valence-electron chi connectivity index (χ0n) is 13.7. The fraction of sp³-hybridized carbons (Fsp3) is 0.389. The Bertz CT molecular complexity index is 789. The number of rotatable bonds is 2. The molecule has 25 heavy (non-hydrogen) atoms. The normalized spacial score (nSPS) is 26.2. The Morgan fingerprint density at radius 3 is 2.80 bits per heavy atom. The molecule has 0 bridgehead atoms. The molecule has 0 radical (unpaired) electrons. The molecule has 3 aliphatic heterocycles. The van der Waals surface area contributed by atoms with Crippen LogP contribution in [0.15, 0.2) is 47.0 Å². The van der Waals surface area contributed by atoms with Crippen molar-refractivity contribution >= 4 is 17.7 Å². The van der Waals surface area contributed by atoms with E-state index in [-0.39, 0.29) is 18.2 Å². The van der Waals surface area contributed by atoms with Crippen LogP contribution in [-0.4, -0.2) is 48.4 Å². The first kappa shape index (κ1) is 15.7. The summed E-state index contributed by atoms with van der Waals surface area (Å²) < 4.78 is 11.4. The molecule has 4 rings (SSSR count). The minimum Gasteiger partial charge on any atom is -0.486 e. The second-order valence-electron chi connectivity index (χ2n) is 6.37. The van der Waals surface area contributed by atoms with E-state index in [1.807, 2.05) is 6.08 Å². The quantitative estimate of drug-likeness (QED) is 0.747. The molecular weight excluding hydrogens is 324 g/mol. The predicted octanol–water partition coefficient (Wildman–Crippen LogP) is 0.705. The lowest BCUT2D eigenvalue weighted by molar-refractivity contribution is -0.142. The number of ether oxygens (including phenoxy) is 2. The molecule has 1 unspecified atom stereocenters. The number of carbonyl (C=O) groups excluding carboxylic acids is 3. The summed E-state index contributed by atoms with van der Waals surface area (Å²) in [6.45, 7) is 4.95. The van der Waals surface area contributed by atoms with Crippen LogP contribution in [0.1, 0.15) is 19.3 Å². The van der Waals surface area contributed by atoms with Crippen LogP contribution in [0.4, 0.5) is 0 Å². The second-order valence-corrected chi connectivity index (χ2v) is 6.37. The number of carbonyl (C=O) groups is 3. The van der Waals surface area contributed by atoms with Gasteiger partial charge in [-0.05, 0) is 30.1 Å². The van der Waals surface area contributed by atoms with Gasteiger partial charge in [-0.25, -0.2) is 0 Å². The van der Waals surface area contributed by atoms with Crippen molar-refractivity contribution in [2.24, 2.45) is 0 Å². The molecule has 1 aliphatic carbocycles. The van der Waals surface area contributed by atoms with Crippen molar-refractivity contribution in [2.75, 3.05) is 19.8 Å². The molecular formula is C18H18N2O5. The van der Waals surface area contributed by atoms with Crippen molar-refractivity contribution in [3.05, 3.63) is 47.0 Å². The largest absolute Gasteiger partial charge is 0.486 e. The maximum absolute atomic E-state index is 13.1. The Labute approximate surface area is 144 Å². The van der Waals surface area contributed by atoms with Gasteiger partial charge in [-0.3, -0.25) is 19.7 Å². The van der Waals surface area contributed by atoms with Crippen LogP contribution in [0.25, 0.3) is 0 Å². The van der Waals surface area contributed by atoms with Crippen LogP contribution in [-0.2, 0) is 23.9 Å². The monoisotopic (exact) mass is 342 g/mol. The molecule has 1 saturated heterocycles. The van der Waals surface area contributed by atoms with Crippen LogP contribution in [0.2, 0.25) is 0 Å². The molecule has 7 heteroatoms. The van der Waals surface area contributed by atoms with Crippen molar-refractivity contribution in [1.82, 2.24) is 10.2 Å². The lowest BCUT2D eigenvalue weighted by atomic mass is 10.0. The number of hydrogen-bond acceptors (Lipinski definition) is 5. The topological polar surface area (TPSA) is 84.9 Å². The Morgan fingerprint density at radius 1 is 1.24 bits per heavy atom. The summed E-state index contributed by atoms with van der Waals surface area (Å²) in [7, 11) is 0. The molecule has 0 spiro atoms. The van der Waals surface area contributed by atoms with E-state index in [1.54, 1.807) is 6.08 Å². The number of hydrogen-bond donors (Lipinski definition) is 1. The Hall–Kier alpha value is -2.83. The number of piperidine rings is 1. The molecule has 1 N–H and O–H groups in total. The van der Waals surface area contributed by atoms with Crippen LogP contribution < -0.4 is 5.32 Å². The summed E-state index contributed by atoms with van der Waals surface area (Å²) in [5.41, 5.74) is 2.30. The summed E-state index contributed by atoms with van der Waals surface area (Å²) in [6, 6.07) is -0.637. The number of imide groups is 1. The lowest BCUT2D eigenvalue weighted by Gasteiger charge is -2.30. The first-order valence-electron chi connectivity index (χ1n) is 8.28. The van der Waals surface area contributed by atoms with E-state index in [0.717, 1.165) is 11.1 Å². The highest BCUT2D eigenvalue weighted by molar-refractivity contribution is 6.06. The van der Waals surface area contributed by atoms with Gasteiger partial charge in [-0.1, -0.05) is 12.7 Å². The van der Waals surface area contributed by atoms with Crippen LogP contribution in [0.5, 0.6) is 0 Å². The third-order valence-electron chi connectivity index (χ3n) is 4.81. The van der Waals surface area contributed by atoms with Gasteiger partial charge >= 0.3 is 0 Å². The zero-order valence-corrected chi connectivity index (χ0v) is 13.7. The molecule has 1 atom stereocenters. The molecule has 3 heterocycles. The fourth-order valence-corrected chi connectivity index (χ4v) is 3.62. The van der Waals surface area contributed by atoms with Crippen molar-refractivity contribution in [2.45, 2.75) is 25.3 Å². The smallest absolute Gasteiger partial charge is 0.258 e. The first-order valence-corrected chi connectivity index (χ1v) is 8.28. The number of fused-ring (bicyclic) bond motifs is 1. The van der Waals surface area contributed by atoms with Gasteiger partial charge in [-0.15, -0.1) is 0 Å². The van der Waals surface area contributed by atoms with Gasteiger partial charge in [0, 0.05) is 13.0 Å². The highest BCUT2D eigenvalue weighted by Gasteiger charge is 2.43. The number of nitrogens with one attached hydrogen (secondary N) is 1. The maximum atomic E-state index is 13.1. The Balaban J connectivity index is 1.69. The SMILES string of the molecule is C=CC1=CC2=C(OCCO2)C2=C(C1)CN(C1CCC(=O)NC1=O)C2=O. The average Bonchev–Trinajstić information content (AvgIpc) is 2.82. The zero-order chi connectivity index (χ0) is 17.6. The van der Waals surface area contributed by atoms with Crippen molar-refractivity contribution in [3.63, 3.8) is 0 Å². The summed E-state index contributed by atoms with van der Waals surface area (Å²) in [6.07, 6.45) is 4.70. The molecule has 0 saturated carbocycles. The summed E-state index contributed by atoms with van der Waals surface area (Å²) >= 11 is 0. The Morgan fingerprint density at radius 2 is 2.04 bits per heavy atom. The molecule has 0 aromatic carbocycles. The van der Waals surface area contributed by atoms with Gasteiger partial charge < -0.3 is 14.4 Å². The molecule has 130 valence electrons. The molecule has 0 aromatic heterocycles. The number of amides is 3. The van der Waals surface area contributed by atoms with Gasteiger partial charge in [0.25, 0.3) is 5.91 Å². The van der Waals surface area contributed by atoms with Crippen LogP contribution in [0, 0.1) is 0 Å². The van der Waals surface area contributed by atoms with Crippen molar-refractivity contribution < 1.29 is 23.9 Å². The summed E-state index contributed by atoms with van der Waals surface area (Å²) in [4.78, 5) is 38.1. The average molecular weight is 342 g/mol. The van der Waals surface area contributed by atoms with Gasteiger partial charge in [0.15, 0.2) is 11.5 Å². The molecule has 3 amide bonds. The van der Waals surface area contributed by atoms with Gasteiger partial charge in [-0.2, -0.15) is 0 Å². The summed E-state index contributed by atoms with van der Waals surface area (Å²) in [5.74, 6) is 0.00814.